The standard InChI is InChI=1S/C9H19NO4.C3H8O3/c1-9(2,6-12)7(13)8(14)10-4-3-5-11;4-1-3(6)2-5/h7,11-13H,3-6H2,1-2H3,(H,10,14);3-6H,1-2H2. The zero-order valence-corrected chi connectivity index (χ0v) is 12.0. The first-order valence-corrected chi connectivity index (χ1v) is 6.34. The van der Waals surface area contributed by atoms with Gasteiger partial charge in [-0.15, -0.1) is 0 Å². The Hall–Kier alpha value is -0.770. The lowest BCUT2D eigenvalue weighted by atomic mass is 9.87. The number of hydrogen-bond acceptors (Lipinski definition) is 7. The molecular formula is C12H27NO7. The van der Waals surface area contributed by atoms with E-state index in [1.54, 1.807) is 13.8 Å². The van der Waals surface area contributed by atoms with E-state index in [9.17, 15) is 9.90 Å². The summed E-state index contributed by atoms with van der Waals surface area (Å²) in [5.41, 5.74) is -0.844. The van der Waals surface area contributed by atoms with Crippen molar-refractivity contribution in [2.45, 2.75) is 32.5 Å². The van der Waals surface area contributed by atoms with Gasteiger partial charge in [-0.1, -0.05) is 13.8 Å². The van der Waals surface area contributed by atoms with Gasteiger partial charge in [0.2, 0.25) is 5.91 Å². The third-order valence-electron chi connectivity index (χ3n) is 2.45. The van der Waals surface area contributed by atoms with Gasteiger partial charge in [0.1, 0.15) is 12.2 Å². The number of carbonyl (C=O) groups excluding carboxylic acids is 1. The number of carbonyl (C=O) groups is 1. The molecule has 122 valence electrons. The molecule has 0 aromatic heterocycles. The minimum Gasteiger partial charge on any atom is -0.396 e. The van der Waals surface area contributed by atoms with E-state index in [4.69, 9.17) is 25.5 Å². The Morgan fingerprint density at radius 1 is 1.10 bits per heavy atom. The highest BCUT2D eigenvalue weighted by Crippen LogP contribution is 2.19. The van der Waals surface area contributed by atoms with Crippen LogP contribution >= 0.6 is 0 Å². The zero-order valence-electron chi connectivity index (χ0n) is 12.0. The first kappa shape index (κ1) is 21.5. The molecule has 1 amide bonds. The minimum atomic E-state index is -1.23. The smallest absolute Gasteiger partial charge is 0.249 e. The van der Waals surface area contributed by atoms with Gasteiger partial charge in [0.05, 0.1) is 19.8 Å². The highest BCUT2D eigenvalue weighted by molar-refractivity contribution is 5.81. The normalized spacial score (nSPS) is 12.7. The van der Waals surface area contributed by atoms with Gasteiger partial charge in [-0.25, -0.2) is 0 Å². The lowest BCUT2D eigenvalue weighted by Gasteiger charge is -2.27. The van der Waals surface area contributed by atoms with Crippen molar-refractivity contribution in [2.75, 3.05) is 33.0 Å². The third kappa shape index (κ3) is 10.1. The fraction of sp³-hybridized carbons (Fsp3) is 0.917. The molecule has 0 aliphatic heterocycles. The Bertz CT molecular complexity index is 244. The molecule has 1 atom stereocenters. The van der Waals surface area contributed by atoms with Gasteiger partial charge in [-0.3, -0.25) is 4.79 Å². The highest BCUT2D eigenvalue weighted by Gasteiger charge is 2.32. The topological polar surface area (TPSA) is 150 Å². The first-order valence-electron chi connectivity index (χ1n) is 6.34. The highest BCUT2D eigenvalue weighted by atomic mass is 16.3. The van der Waals surface area contributed by atoms with E-state index < -0.39 is 23.5 Å². The summed E-state index contributed by atoms with van der Waals surface area (Å²) in [4.78, 5) is 11.3. The molecule has 0 aliphatic carbocycles. The second-order valence-corrected chi connectivity index (χ2v) is 4.94. The maximum atomic E-state index is 11.3. The lowest BCUT2D eigenvalue weighted by molar-refractivity contribution is -0.137. The van der Waals surface area contributed by atoms with E-state index in [1.165, 1.54) is 0 Å². The maximum absolute atomic E-state index is 11.3. The van der Waals surface area contributed by atoms with Crippen molar-refractivity contribution in [1.29, 1.82) is 0 Å². The van der Waals surface area contributed by atoms with E-state index in [1.807, 2.05) is 0 Å². The summed E-state index contributed by atoms with van der Waals surface area (Å²) >= 11 is 0. The average Bonchev–Trinajstić information content (AvgIpc) is 2.46. The molecule has 0 aliphatic rings. The second kappa shape index (κ2) is 12.0. The molecule has 20 heavy (non-hydrogen) atoms. The molecule has 7 N–H and O–H groups in total. The summed E-state index contributed by atoms with van der Waals surface area (Å²) < 4.78 is 0. The van der Waals surface area contributed by atoms with Gasteiger partial charge in [0.25, 0.3) is 0 Å². The van der Waals surface area contributed by atoms with Crippen molar-refractivity contribution < 1.29 is 35.4 Å². The monoisotopic (exact) mass is 297 g/mol. The van der Waals surface area contributed by atoms with Crippen molar-refractivity contribution >= 4 is 5.91 Å². The van der Waals surface area contributed by atoms with E-state index in [2.05, 4.69) is 5.32 Å². The van der Waals surface area contributed by atoms with E-state index in [0.29, 0.717) is 13.0 Å². The van der Waals surface area contributed by atoms with Crippen molar-refractivity contribution in [3.05, 3.63) is 0 Å². The Morgan fingerprint density at radius 2 is 1.60 bits per heavy atom. The maximum Gasteiger partial charge on any atom is 0.249 e. The fourth-order valence-corrected chi connectivity index (χ4v) is 0.886. The van der Waals surface area contributed by atoms with Crippen LogP contribution in [0.5, 0.6) is 0 Å². The van der Waals surface area contributed by atoms with Gasteiger partial charge in [-0.2, -0.15) is 0 Å². The van der Waals surface area contributed by atoms with Crippen molar-refractivity contribution in [1.82, 2.24) is 5.32 Å². The summed E-state index contributed by atoms with van der Waals surface area (Å²) in [6.45, 7) is 2.54. The quantitative estimate of drug-likeness (QED) is 0.239. The van der Waals surface area contributed by atoms with Gasteiger partial charge < -0.3 is 36.0 Å². The van der Waals surface area contributed by atoms with Crippen molar-refractivity contribution in [2.24, 2.45) is 5.41 Å². The number of amides is 1. The minimum absolute atomic E-state index is 0.000230. The summed E-state index contributed by atoms with van der Waals surface area (Å²) in [5.74, 6) is -0.516. The molecule has 0 saturated heterocycles. The number of nitrogens with one attached hydrogen (secondary N) is 1. The van der Waals surface area contributed by atoms with E-state index in [0.717, 1.165) is 0 Å². The Balaban J connectivity index is 0. The SMILES string of the molecule is CC(C)(CO)C(O)C(=O)NCCCO.OCC(O)CO. The molecule has 0 rings (SSSR count). The zero-order chi connectivity index (χ0) is 16.2. The molecule has 0 heterocycles. The third-order valence-corrected chi connectivity index (χ3v) is 2.45. The van der Waals surface area contributed by atoms with Crippen molar-refractivity contribution in [3.8, 4) is 0 Å². The molecule has 0 aromatic carbocycles. The molecule has 8 heteroatoms. The molecule has 0 aromatic rings. The van der Waals surface area contributed by atoms with Crippen LogP contribution in [-0.2, 0) is 4.79 Å². The number of rotatable bonds is 8. The van der Waals surface area contributed by atoms with Crippen LogP contribution in [-0.4, -0.2) is 81.7 Å². The molecule has 0 saturated carbocycles. The van der Waals surface area contributed by atoms with Gasteiger partial charge >= 0.3 is 0 Å². The van der Waals surface area contributed by atoms with Crippen LogP contribution in [0.25, 0.3) is 0 Å². The first-order chi connectivity index (χ1) is 9.26. The fourth-order valence-electron chi connectivity index (χ4n) is 0.886. The lowest BCUT2D eigenvalue weighted by Crippen LogP contribution is -2.45. The Labute approximate surface area is 118 Å². The predicted octanol–water partition coefficient (Wildman–Crippen LogP) is -2.80. The van der Waals surface area contributed by atoms with Crippen LogP contribution in [0.2, 0.25) is 0 Å². The van der Waals surface area contributed by atoms with Crippen LogP contribution in [0, 0.1) is 5.41 Å². The van der Waals surface area contributed by atoms with E-state index in [-0.39, 0.29) is 26.4 Å². The molecule has 0 radical (unpaired) electrons. The molecule has 0 spiro atoms. The molecule has 0 fully saturated rings. The van der Waals surface area contributed by atoms with Crippen LogP contribution in [0.15, 0.2) is 0 Å². The van der Waals surface area contributed by atoms with Gasteiger partial charge in [-0.05, 0) is 6.42 Å². The summed E-state index contributed by atoms with van der Waals surface area (Å²) in [7, 11) is 0. The van der Waals surface area contributed by atoms with Crippen LogP contribution in [0.4, 0.5) is 0 Å². The number of aliphatic hydroxyl groups excluding tert-OH is 6. The Kier molecular flexibility index (Phi) is 12.9. The summed E-state index contributed by atoms with van der Waals surface area (Å²) in [6.07, 6.45) is -1.73. The Morgan fingerprint density at radius 3 is 1.90 bits per heavy atom. The molecular weight excluding hydrogens is 270 g/mol. The molecule has 0 bridgehead atoms. The van der Waals surface area contributed by atoms with Gasteiger partial charge in [0, 0.05) is 18.6 Å². The second-order valence-electron chi connectivity index (χ2n) is 4.94. The van der Waals surface area contributed by atoms with Crippen LogP contribution < -0.4 is 5.32 Å². The van der Waals surface area contributed by atoms with Crippen LogP contribution in [0.1, 0.15) is 20.3 Å². The van der Waals surface area contributed by atoms with Gasteiger partial charge in [0.15, 0.2) is 0 Å². The predicted molar refractivity (Wildman–Crippen MR) is 71.8 cm³/mol. The van der Waals surface area contributed by atoms with E-state index >= 15 is 0 Å². The number of hydrogen-bond donors (Lipinski definition) is 7. The summed E-state index contributed by atoms with van der Waals surface area (Å²) in [6, 6.07) is 0. The average molecular weight is 297 g/mol. The van der Waals surface area contributed by atoms with Crippen molar-refractivity contribution in [3.63, 3.8) is 0 Å². The van der Waals surface area contributed by atoms with Crippen LogP contribution in [0.3, 0.4) is 0 Å². The molecule has 8 nitrogen and oxygen atoms in total. The largest absolute Gasteiger partial charge is 0.396 e. The summed E-state index contributed by atoms with van der Waals surface area (Å²) in [5, 5.41) is 53.4. The number of aliphatic hydroxyl groups is 6. The molecule has 1 unspecified atom stereocenters.